The normalized spacial score (nSPS) is 14.4. The number of amides is 2. The summed E-state index contributed by atoms with van der Waals surface area (Å²) in [5.74, 6) is -0.961. The third-order valence-corrected chi connectivity index (χ3v) is 7.21. The Hall–Kier alpha value is -2.89. The molecule has 36 heavy (non-hydrogen) atoms. The number of nitrogens with zero attached hydrogens (tertiary/aromatic N) is 1. The molecule has 4 rings (SSSR count). The summed E-state index contributed by atoms with van der Waals surface area (Å²) >= 11 is 12.4. The van der Waals surface area contributed by atoms with E-state index in [1.807, 2.05) is 30.3 Å². The van der Waals surface area contributed by atoms with Gasteiger partial charge < -0.3 is 10.2 Å². The summed E-state index contributed by atoms with van der Waals surface area (Å²) in [6, 6.07) is 20.1. The van der Waals surface area contributed by atoms with Gasteiger partial charge in [0.2, 0.25) is 11.8 Å². The van der Waals surface area contributed by atoms with Gasteiger partial charge in [0.25, 0.3) is 0 Å². The molecule has 0 radical (unpaired) electrons. The highest BCUT2D eigenvalue weighted by Gasteiger charge is 2.32. The lowest BCUT2D eigenvalue weighted by atomic mass is 10.0. The van der Waals surface area contributed by atoms with E-state index in [0.717, 1.165) is 31.2 Å². The molecule has 1 aliphatic rings. The summed E-state index contributed by atoms with van der Waals surface area (Å²) in [5.41, 5.74) is 1.86. The van der Waals surface area contributed by atoms with Crippen molar-refractivity contribution in [3.05, 3.63) is 105 Å². The number of nitrogens with one attached hydrogen (secondary N) is 1. The van der Waals surface area contributed by atoms with Crippen LogP contribution in [0.25, 0.3) is 0 Å². The molecular weight excluding hydrogens is 498 g/mol. The van der Waals surface area contributed by atoms with E-state index in [4.69, 9.17) is 23.2 Å². The second kappa shape index (κ2) is 12.4. The Bertz CT molecular complexity index is 1200. The average molecular weight is 527 g/mol. The van der Waals surface area contributed by atoms with Crippen LogP contribution in [0.2, 0.25) is 10.0 Å². The first-order valence-corrected chi connectivity index (χ1v) is 13.0. The van der Waals surface area contributed by atoms with Gasteiger partial charge in [-0.15, -0.1) is 0 Å². The van der Waals surface area contributed by atoms with Crippen molar-refractivity contribution in [3.8, 4) is 0 Å². The second-order valence-corrected chi connectivity index (χ2v) is 10.1. The van der Waals surface area contributed by atoms with Gasteiger partial charge >= 0.3 is 0 Å². The lowest BCUT2D eigenvalue weighted by Gasteiger charge is -2.32. The summed E-state index contributed by atoms with van der Waals surface area (Å²) in [6.07, 6.45) is 4.26. The van der Waals surface area contributed by atoms with Gasteiger partial charge in [-0.05, 0) is 42.2 Å². The molecule has 0 aromatic heterocycles. The van der Waals surface area contributed by atoms with Crippen LogP contribution in [0.15, 0.2) is 72.8 Å². The Labute approximate surface area is 221 Å². The van der Waals surface area contributed by atoms with Gasteiger partial charge in [-0.3, -0.25) is 9.59 Å². The van der Waals surface area contributed by atoms with Gasteiger partial charge in [0, 0.05) is 34.6 Å². The van der Waals surface area contributed by atoms with Gasteiger partial charge in [0.05, 0.1) is 6.42 Å². The lowest BCUT2D eigenvalue weighted by molar-refractivity contribution is -0.141. The number of hydrogen-bond acceptors (Lipinski definition) is 2. The average Bonchev–Trinajstić information content (AvgIpc) is 3.37. The van der Waals surface area contributed by atoms with E-state index in [1.165, 1.54) is 11.0 Å². The minimum atomic E-state index is -0.814. The molecule has 1 saturated carbocycles. The smallest absolute Gasteiger partial charge is 0.243 e. The van der Waals surface area contributed by atoms with E-state index in [9.17, 15) is 14.0 Å². The molecule has 3 aromatic rings. The van der Waals surface area contributed by atoms with Crippen LogP contribution in [-0.4, -0.2) is 28.8 Å². The standard InChI is InChI=1S/C29H29Cl2FN2O2/c30-23-15-14-21(25(31)18-23)17-28(35)34(19-22-10-4-7-13-26(22)32)27(16-20-8-2-1-3-9-20)29(36)33-24-11-5-6-12-24/h1-4,7-10,13-15,18,24,27H,5-6,11-12,16-17,19H2,(H,33,36)/t27-/m0/s1. The maximum absolute atomic E-state index is 14.7. The predicted molar refractivity (Wildman–Crippen MR) is 141 cm³/mol. The summed E-state index contributed by atoms with van der Waals surface area (Å²) in [7, 11) is 0. The van der Waals surface area contributed by atoms with Crippen molar-refractivity contribution >= 4 is 35.0 Å². The maximum Gasteiger partial charge on any atom is 0.243 e. The number of carbonyl (C=O) groups is 2. The zero-order valence-electron chi connectivity index (χ0n) is 19.9. The molecule has 1 N–H and O–H groups in total. The molecule has 188 valence electrons. The quantitative estimate of drug-likeness (QED) is 0.352. The van der Waals surface area contributed by atoms with Gasteiger partial charge in [-0.2, -0.15) is 0 Å². The number of carbonyl (C=O) groups excluding carboxylic acids is 2. The molecule has 3 aromatic carbocycles. The zero-order chi connectivity index (χ0) is 25.5. The van der Waals surface area contributed by atoms with Crippen molar-refractivity contribution in [1.82, 2.24) is 10.2 Å². The van der Waals surface area contributed by atoms with Crippen molar-refractivity contribution in [1.29, 1.82) is 0 Å². The fourth-order valence-electron chi connectivity index (χ4n) is 4.66. The topological polar surface area (TPSA) is 49.4 Å². The van der Waals surface area contributed by atoms with Gasteiger partial charge in [-0.25, -0.2) is 4.39 Å². The van der Waals surface area contributed by atoms with E-state index >= 15 is 0 Å². The van der Waals surface area contributed by atoms with Crippen LogP contribution in [0.4, 0.5) is 4.39 Å². The van der Waals surface area contributed by atoms with Crippen LogP contribution in [0.3, 0.4) is 0 Å². The highest BCUT2D eigenvalue weighted by atomic mass is 35.5. The molecule has 4 nitrogen and oxygen atoms in total. The Kier molecular flexibility index (Phi) is 9.00. The van der Waals surface area contributed by atoms with E-state index in [0.29, 0.717) is 27.6 Å². The molecule has 0 spiro atoms. The molecular formula is C29H29Cl2FN2O2. The SMILES string of the molecule is O=C(NC1CCCC1)[C@H](Cc1ccccc1)N(Cc1ccccc1F)C(=O)Cc1ccc(Cl)cc1Cl. The number of halogens is 3. The summed E-state index contributed by atoms with van der Waals surface area (Å²) < 4.78 is 14.7. The van der Waals surface area contributed by atoms with Gasteiger partial charge in [-0.1, -0.05) is 90.6 Å². The van der Waals surface area contributed by atoms with Gasteiger partial charge in [0.1, 0.15) is 11.9 Å². The van der Waals surface area contributed by atoms with Crippen molar-refractivity contribution < 1.29 is 14.0 Å². The van der Waals surface area contributed by atoms with E-state index in [2.05, 4.69) is 5.32 Å². The number of rotatable bonds is 9. The highest BCUT2D eigenvalue weighted by molar-refractivity contribution is 6.35. The maximum atomic E-state index is 14.7. The summed E-state index contributed by atoms with van der Waals surface area (Å²) in [6.45, 7) is -0.0354. The first-order valence-electron chi connectivity index (χ1n) is 12.2. The molecule has 1 fully saturated rings. The van der Waals surface area contributed by atoms with E-state index in [1.54, 1.807) is 36.4 Å². The minimum Gasteiger partial charge on any atom is -0.352 e. The van der Waals surface area contributed by atoms with Crippen molar-refractivity contribution in [3.63, 3.8) is 0 Å². The summed E-state index contributed by atoms with van der Waals surface area (Å²) in [5, 5.41) is 3.99. The fourth-order valence-corrected chi connectivity index (χ4v) is 5.14. The predicted octanol–water partition coefficient (Wildman–Crippen LogP) is 6.37. The van der Waals surface area contributed by atoms with Crippen LogP contribution in [-0.2, 0) is 29.0 Å². The van der Waals surface area contributed by atoms with Crippen LogP contribution in [0.5, 0.6) is 0 Å². The molecule has 0 unspecified atom stereocenters. The molecule has 0 heterocycles. The molecule has 1 aliphatic carbocycles. The Balaban J connectivity index is 1.68. The summed E-state index contributed by atoms with van der Waals surface area (Å²) in [4.78, 5) is 28.9. The van der Waals surface area contributed by atoms with Crippen molar-refractivity contribution in [2.75, 3.05) is 0 Å². The molecule has 1 atom stereocenters. The lowest BCUT2D eigenvalue weighted by Crippen LogP contribution is -2.52. The molecule has 0 saturated heterocycles. The Morgan fingerprint density at radius 3 is 2.33 bits per heavy atom. The third kappa shape index (κ3) is 6.86. The third-order valence-electron chi connectivity index (χ3n) is 6.63. The van der Waals surface area contributed by atoms with Crippen molar-refractivity contribution in [2.24, 2.45) is 0 Å². The first-order chi connectivity index (χ1) is 17.4. The first kappa shape index (κ1) is 26.2. The monoisotopic (exact) mass is 526 g/mol. The molecule has 2 amide bonds. The molecule has 0 aliphatic heterocycles. The molecule has 0 bridgehead atoms. The Morgan fingerprint density at radius 1 is 0.944 bits per heavy atom. The number of hydrogen-bond donors (Lipinski definition) is 1. The van der Waals surface area contributed by atoms with E-state index < -0.39 is 11.9 Å². The van der Waals surface area contributed by atoms with Crippen LogP contribution in [0.1, 0.15) is 42.4 Å². The van der Waals surface area contributed by atoms with Crippen molar-refractivity contribution in [2.45, 2.75) is 57.2 Å². The Morgan fingerprint density at radius 2 is 1.64 bits per heavy atom. The molecule has 7 heteroatoms. The number of benzene rings is 3. The highest BCUT2D eigenvalue weighted by Crippen LogP contribution is 2.24. The minimum absolute atomic E-state index is 0.0353. The van der Waals surface area contributed by atoms with Crippen LogP contribution >= 0.6 is 23.2 Å². The van der Waals surface area contributed by atoms with E-state index in [-0.39, 0.29) is 30.8 Å². The van der Waals surface area contributed by atoms with Gasteiger partial charge in [0.15, 0.2) is 0 Å². The fraction of sp³-hybridized carbons (Fsp3) is 0.310. The van der Waals surface area contributed by atoms with Crippen LogP contribution in [0, 0.1) is 5.82 Å². The zero-order valence-corrected chi connectivity index (χ0v) is 21.4. The second-order valence-electron chi connectivity index (χ2n) is 9.22. The largest absolute Gasteiger partial charge is 0.352 e. The van der Waals surface area contributed by atoms with Crippen LogP contribution < -0.4 is 5.32 Å².